The molecule has 19 nitrogen and oxygen atoms in total. The van der Waals surface area contributed by atoms with Crippen LogP contribution in [0.4, 0.5) is 0 Å². The quantitative estimate of drug-likeness (QED) is 0.0403. The average molecular weight is 621 g/mol. The lowest BCUT2D eigenvalue weighted by Crippen LogP contribution is -2.68. The Balaban J connectivity index is 3.55. The molecule has 7 atom stereocenters. The minimum atomic E-state index is -2.52. The number of carbonyl (C=O) groups excluding carboxylic acids is 5. The number of carboxylic acid groups (broad SMARTS) is 1. The lowest BCUT2D eigenvalue weighted by Gasteiger charge is -2.46. The number of amides is 1. The van der Waals surface area contributed by atoms with Crippen LogP contribution in [0.15, 0.2) is 5.11 Å². The van der Waals surface area contributed by atoms with Crippen LogP contribution in [0.25, 0.3) is 10.4 Å². The van der Waals surface area contributed by atoms with E-state index < -0.39 is 84.9 Å². The zero-order valence-corrected chi connectivity index (χ0v) is 24.5. The van der Waals surface area contributed by atoms with Crippen molar-refractivity contribution in [3.8, 4) is 0 Å². The topological polar surface area (TPSA) is 257 Å². The van der Waals surface area contributed by atoms with Gasteiger partial charge in [0.05, 0.1) is 19.8 Å². The summed E-state index contributed by atoms with van der Waals surface area (Å²) in [5.74, 6) is -5.86. The number of nitrogens with one attached hydrogen (secondary N) is 1. The molecule has 0 aliphatic carbocycles. The molecule has 0 spiro atoms. The van der Waals surface area contributed by atoms with Crippen LogP contribution in [0.3, 0.4) is 0 Å². The molecule has 1 saturated heterocycles. The lowest BCUT2D eigenvalue weighted by molar-refractivity contribution is -0.339. The number of carbonyl (C=O) groups is 6. The molecule has 43 heavy (non-hydrogen) atoms. The zero-order valence-electron chi connectivity index (χ0n) is 24.5. The van der Waals surface area contributed by atoms with Crippen LogP contribution < -0.4 is 5.32 Å². The predicted octanol–water partition coefficient (Wildman–Crippen LogP) is -0.265. The molecule has 2 N–H and O–H groups in total. The number of ether oxygens (including phenoxy) is 8. The van der Waals surface area contributed by atoms with Crippen LogP contribution >= 0.6 is 0 Å². The van der Waals surface area contributed by atoms with Crippen LogP contribution in [-0.2, 0) is 66.7 Å². The van der Waals surface area contributed by atoms with Crippen molar-refractivity contribution in [3.05, 3.63) is 10.4 Å². The van der Waals surface area contributed by atoms with Crippen LogP contribution in [0.2, 0.25) is 0 Å². The molecular weight excluding hydrogens is 584 g/mol. The number of nitrogens with zero attached hydrogens (tertiary/aromatic N) is 3. The number of carboxylic acids is 1. The molecule has 1 heterocycles. The van der Waals surface area contributed by atoms with E-state index in [1.165, 1.54) is 0 Å². The molecule has 0 aromatic carbocycles. The van der Waals surface area contributed by atoms with Gasteiger partial charge in [0.25, 0.3) is 5.60 Å². The number of azide groups is 1. The summed E-state index contributed by atoms with van der Waals surface area (Å²) in [6.45, 7) is 5.18. The van der Waals surface area contributed by atoms with E-state index in [0.717, 1.165) is 41.5 Å². The molecule has 1 aliphatic rings. The van der Waals surface area contributed by atoms with Crippen molar-refractivity contribution in [1.29, 1.82) is 0 Å². The van der Waals surface area contributed by atoms with Crippen LogP contribution in [0, 0.1) is 0 Å². The first-order valence-corrected chi connectivity index (χ1v) is 12.8. The number of rotatable bonds is 17. The van der Waals surface area contributed by atoms with Gasteiger partial charge in [0.1, 0.15) is 18.8 Å². The third-order valence-electron chi connectivity index (χ3n) is 5.45. The fraction of sp³-hybridized carbons (Fsp3) is 0.750. The van der Waals surface area contributed by atoms with Gasteiger partial charge in [-0.15, -0.1) is 0 Å². The second-order valence-electron chi connectivity index (χ2n) is 9.13. The van der Waals surface area contributed by atoms with Crippen LogP contribution in [0.5, 0.6) is 0 Å². The average Bonchev–Trinajstić information content (AvgIpc) is 2.88. The molecule has 1 aliphatic heterocycles. The summed E-state index contributed by atoms with van der Waals surface area (Å²) in [6, 6.07) is -1.47. The summed E-state index contributed by atoms with van der Waals surface area (Å²) in [7, 11) is 0. The van der Waals surface area contributed by atoms with E-state index in [1.807, 2.05) is 0 Å². The van der Waals surface area contributed by atoms with E-state index >= 15 is 0 Å². The van der Waals surface area contributed by atoms with Gasteiger partial charge in [-0.3, -0.25) is 24.0 Å². The van der Waals surface area contributed by atoms with E-state index in [1.54, 1.807) is 0 Å². The molecule has 0 aromatic rings. The van der Waals surface area contributed by atoms with E-state index in [2.05, 4.69) is 15.3 Å². The second-order valence-corrected chi connectivity index (χ2v) is 9.13. The highest BCUT2D eigenvalue weighted by atomic mass is 16.8. The van der Waals surface area contributed by atoms with Crippen molar-refractivity contribution in [1.82, 2.24) is 5.32 Å². The molecule has 0 aromatic heterocycles. The Bertz CT molecular complexity index is 1070. The highest BCUT2D eigenvalue weighted by Crippen LogP contribution is 2.31. The van der Waals surface area contributed by atoms with E-state index in [0.29, 0.717) is 0 Å². The molecule has 1 rings (SSSR count). The van der Waals surface area contributed by atoms with Crippen molar-refractivity contribution < 1.29 is 71.8 Å². The predicted molar refractivity (Wildman–Crippen MR) is 137 cm³/mol. The van der Waals surface area contributed by atoms with Gasteiger partial charge in [0, 0.05) is 46.1 Å². The summed E-state index contributed by atoms with van der Waals surface area (Å²) in [4.78, 5) is 74.5. The van der Waals surface area contributed by atoms with E-state index in [4.69, 9.17) is 43.4 Å². The van der Waals surface area contributed by atoms with Crippen molar-refractivity contribution in [2.75, 3.05) is 33.0 Å². The van der Waals surface area contributed by atoms with Crippen molar-refractivity contribution >= 4 is 35.8 Å². The number of aliphatic carboxylic acids is 1. The largest absolute Gasteiger partial charge is 0.478 e. The molecule has 1 amide bonds. The number of esters is 4. The van der Waals surface area contributed by atoms with Gasteiger partial charge < -0.3 is 48.3 Å². The van der Waals surface area contributed by atoms with E-state index in [-0.39, 0.29) is 26.4 Å². The normalized spacial score (nSPS) is 23.3. The van der Waals surface area contributed by atoms with Crippen molar-refractivity contribution in [2.24, 2.45) is 5.11 Å². The SMILES string of the molecule is CC(=O)N[C@H]1[C@H](OC(OCCOCCN=[N+]=[N-])C(C)(OC(C)=O)C(=O)O)O[C@H](COC(C)=O)[C@@H](OC(C)=O)[C@@H]1OC(C)=O. The minimum Gasteiger partial charge on any atom is -0.478 e. The maximum absolute atomic E-state index is 12.3. The van der Waals surface area contributed by atoms with Gasteiger partial charge in [-0.05, 0) is 12.5 Å². The Kier molecular flexibility index (Phi) is 15.3. The van der Waals surface area contributed by atoms with Crippen LogP contribution in [-0.4, -0.2) is 116 Å². The Hall–Kier alpha value is -4.03. The first-order valence-electron chi connectivity index (χ1n) is 12.8. The van der Waals surface area contributed by atoms with Gasteiger partial charge in [-0.1, -0.05) is 5.11 Å². The lowest BCUT2D eigenvalue weighted by atomic mass is 9.95. The summed E-state index contributed by atoms with van der Waals surface area (Å²) < 4.78 is 43.3. The molecule has 242 valence electrons. The molecule has 2 unspecified atom stereocenters. The molecule has 0 bridgehead atoms. The minimum absolute atomic E-state index is 0.00879. The maximum Gasteiger partial charge on any atom is 0.353 e. The Morgan fingerprint density at radius 3 is 2.09 bits per heavy atom. The molecule has 1 fully saturated rings. The van der Waals surface area contributed by atoms with Gasteiger partial charge in [0.15, 0.2) is 18.5 Å². The summed E-state index contributed by atoms with van der Waals surface area (Å²) in [5, 5.41) is 15.7. The molecule has 19 heteroatoms. The number of hydrogen-bond acceptors (Lipinski definition) is 15. The second kappa shape index (κ2) is 17.8. The van der Waals surface area contributed by atoms with Gasteiger partial charge in [-0.2, -0.15) is 0 Å². The molecule has 0 saturated carbocycles. The highest BCUT2D eigenvalue weighted by molar-refractivity contribution is 5.81. The van der Waals surface area contributed by atoms with Crippen molar-refractivity contribution in [3.63, 3.8) is 0 Å². The fourth-order valence-corrected chi connectivity index (χ4v) is 3.81. The highest BCUT2D eigenvalue weighted by Gasteiger charge is 2.55. The first kappa shape index (κ1) is 37.0. The molecular formula is C24H36N4O15. The van der Waals surface area contributed by atoms with Crippen molar-refractivity contribution in [2.45, 2.75) is 84.1 Å². The third kappa shape index (κ3) is 12.4. The first-order chi connectivity index (χ1) is 20.1. The number of hydrogen-bond donors (Lipinski definition) is 2. The zero-order chi connectivity index (χ0) is 32.7. The molecule has 0 radical (unpaired) electrons. The Morgan fingerprint density at radius 2 is 1.58 bits per heavy atom. The Labute approximate surface area is 245 Å². The monoisotopic (exact) mass is 620 g/mol. The van der Waals surface area contributed by atoms with Gasteiger partial charge >= 0.3 is 29.8 Å². The third-order valence-corrected chi connectivity index (χ3v) is 5.45. The maximum atomic E-state index is 12.3. The van der Waals surface area contributed by atoms with Gasteiger partial charge in [-0.25, -0.2) is 4.79 Å². The summed E-state index contributed by atoms with van der Waals surface area (Å²) in [5.41, 5.74) is 5.82. The smallest absolute Gasteiger partial charge is 0.353 e. The summed E-state index contributed by atoms with van der Waals surface area (Å²) >= 11 is 0. The van der Waals surface area contributed by atoms with Gasteiger partial charge in [0.2, 0.25) is 12.2 Å². The van der Waals surface area contributed by atoms with Crippen LogP contribution in [0.1, 0.15) is 41.5 Å². The summed E-state index contributed by atoms with van der Waals surface area (Å²) in [6.07, 6.45) is -8.04. The Morgan fingerprint density at radius 1 is 0.953 bits per heavy atom. The van der Waals surface area contributed by atoms with E-state index in [9.17, 15) is 33.9 Å². The standard InChI is InChI=1S/C24H36N4O15/c1-12(29)27-18-20(40-15(4)32)19(39-14(3)31)17(11-38-13(2)30)41-21(18)42-23(24(6,22(34)35)43-16(5)33)37-10-9-36-8-7-26-28-25/h17-21,23H,7-11H2,1-6H3,(H,27,29)(H,34,35)/t17-,18-,19-,20-,21+,23?,24?/m1/s1. The fourth-order valence-electron chi connectivity index (χ4n) is 3.81.